The fourth-order valence-corrected chi connectivity index (χ4v) is 2.52. The Balaban J connectivity index is 2.27. The summed E-state index contributed by atoms with van der Waals surface area (Å²) in [4.78, 5) is 0. The van der Waals surface area contributed by atoms with Crippen LogP contribution >= 0.6 is 0 Å². The maximum absolute atomic E-state index is 13.0. The van der Waals surface area contributed by atoms with Crippen molar-refractivity contribution in [2.75, 3.05) is 20.3 Å². The van der Waals surface area contributed by atoms with Crippen LogP contribution in [0.3, 0.4) is 0 Å². The second-order valence-corrected chi connectivity index (χ2v) is 6.09. The van der Waals surface area contributed by atoms with Crippen molar-refractivity contribution in [1.29, 1.82) is 0 Å². The summed E-state index contributed by atoms with van der Waals surface area (Å²) in [5, 5.41) is 11.7. The van der Waals surface area contributed by atoms with E-state index in [9.17, 15) is 26.3 Å². The van der Waals surface area contributed by atoms with Gasteiger partial charge in [-0.2, -0.15) is 26.3 Å². The highest BCUT2D eigenvalue weighted by Crippen LogP contribution is 2.37. The average Bonchev–Trinajstić information content (AvgIpc) is 2.65. The lowest BCUT2D eigenvalue weighted by atomic mass is 10.1. The maximum Gasteiger partial charge on any atom is 0.416 e. The number of aliphatic hydroxyl groups excluding tert-OH is 1. The van der Waals surface area contributed by atoms with Crippen LogP contribution in [0.2, 0.25) is 0 Å². The molecule has 160 valence electrons. The first-order valence-corrected chi connectivity index (χ1v) is 8.44. The number of alkyl halides is 6. The minimum atomic E-state index is -4.92. The molecular weight excluding hydrogens is 404 g/mol. The van der Waals surface area contributed by atoms with Gasteiger partial charge in [-0.25, -0.2) is 0 Å². The standard InChI is InChI=1S/C19H19F6NO3/c1-28-16-3-2-12(10-26-4-5-27)8-17(16)29-11-13-6-14(18(20,21)22)9-15(7-13)19(23,24)25/h2-3,6-9,26-27H,4-5,10-11H2,1H3. The number of halogens is 6. The Bertz CT molecular complexity index is 788. The number of methoxy groups -OCH3 is 1. The van der Waals surface area contributed by atoms with Crippen LogP contribution in [0.1, 0.15) is 22.3 Å². The normalized spacial score (nSPS) is 12.1. The van der Waals surface area contributed by atoms with E-state index < -0.39 is 30.1 Å². The van der Waals surface area contributed by atoms with Crippen molar-refractivity contribution in [3.63, 3.8) is 0 Å². The van der Waals surface area contributed by atoms with Crippen LogP contribution in [0, 0.1) is 0 Å². The molecule has 2 aromatic carbocycles. The lowest BCUT2D eigenvalue weighted by Gasteiger charge is -2.16. The Labute approximate surface area is 163 Å². The van der Waals surface area contributed by atoms with E-state index in [2.05, 4.69) is 5.32 Å². The van der Waals surface area contributed by atoms with Crippen molar-refractivity contribution in [2.24, 2.45) is 0 Å². The molecule has 0 aliphatic heterocycles. The van der Waals surface area contributed by atoms with E-state index in [0.29, 0.717) is 25.2 Å². The third-order valence-electron chi connectivity index (χ3n) is 3.89. The lowest BCUT2D eigenvalue weighted by Crippen LogP contribution is -2.17. The molecule has 0 radical (unpaired) electrons. The van der Waals surface area contributed by atoms with Crippen molar-refractivity contribution in [2.45, 2.75) is 25.5 Å². The molecule has 0 fully saturated rings. The van der Waals surface area contributed by atoms with Gasteiger partial charge in [0.2, 0.25) is 0 Å². The first-order chi connectivity index (χ1) is 13.5. The van der Waals surface area contributed by atoms with Crippen molar-refractivity contribution in [1.82, 2.24) is 5.32 Å². The Hall–Kier alpha value is -2.46. The Morgan fingerprint density at radius 2 is 1.48 bits per heavy atom. The zero-order valence-corrected chi connectivity index (χ0v) is 15.3. The Morgan fingerprint density at radius 1 is 0.862 bits per heavy atom. The first kappa shape index (κ1) is 22.8. The summed E-state index contributed by atoms with van der Waals surface area (Å²) in [6.45, 7) is 0.156. The molecule has 0 saturated carbocycles. The third kappa shape index (κ3) is 6.53. The van der Waals surface area contributed by atoms with Gasteiger partial charge in [0.05, 0.1) is 24.8 Å². The van der Waals surface area contributed by atoms with Gasteiger partial charge in [-0.1, -0.05) is 6.07 Å². The van der Waals surface area contributed by atoms with Gasteiger partial charge in [0.1, 0.15) is 6.61 Å². The molecule has 0 atom stereocenters. The monoisotopic (exact) mass is 423 g/mol. The van der Waals surface area contributed by atoms with Crippen LogP contribution in [-0.4, -0.2) is 25.4 Å². The van der Waals surface area contributed by atoms with E-state index in [0.717, 1.165) is 5.56 Å². The number of ether oxygens (including phenoxy) is 2. The largest absolute Gasteiger partial charge is 0.493 e. The van der Waals surface area contributed by atoms with E-state index in [1.54, 1.807) is 18.2 Å². The smallest absolute Gasteiger partial charge is 0.416 e. The van der Waals surface area contributed by atoms with Crippen LogP contribution in [0.5, 0.6) is 11.5 Å². The van der Waals surface area contributed by atoms with Gasteiger partial charge in [-0.3, -0.25) is 0 Å². The Kier molecular flexibility index (Phi) is 7.37. The summed E-state index contributed by atoms with van der Waals surface area (Å²) in [6, 6.07) is 6.14. The van der Waals surface area contributed by atoms with Gasteiger partial charge in [0, 0.05) is 13.1 Å². The minimum absolute atomic E-state index is 0.0589. The number of nitrogens with one attached hydrogen (secondary N) is 1. The van der Waals surface area contributed by atoms with E-state index in [1.165, 1.54) is 7.11 Å². The van der Waals surface area contributed by atoms with Gasteiger partial charge >= 0.3 is 12.4 Å². The van der Waals surface area contributed by atoms with E-state index in [-0.39, 0.29) is 29.7 Å². The summed E-state index contributed by atoms with van der Waals surface area (Å²) in [5.74, 6) is 0.445. The van der Waals surface area contributed by atoms with E-state index >= 15 is 0 Å². The van der Waals surface area contributed by atoms with Crippen LogP contribution in [0.25, 0.3) is 0 Å². The number of aliphatic hydroxyl groups is 1. The SMILES string of the molecule is COc1ccc(CNCCO)cc1OCc1cc(C(F)(F)F)cc(C(F)(F)F)c1. The molecule has 0 aliphatic carbocycles. The molecule has 0 spiro atoms. The molecule has 0 amide bonds. The first-order valence-electron chi connectivity index (χ1n) is 8.44. The third-order valence-corrected chi connectivity index (χ3v) is 3.89. The highest BCUT2D eigenvalue weighted by molar-refractivity contribution is 5.43. The van der Waals surface area contributed by atoms with Gasteiger partial charge in [0.15, 0.2) is 11.5 Å². The quantitative estimate of drug-likeness (QED) is 0.489. The topological polar surface area (TPSA) is 50.7 Å². The summed E-state index contributed by atoms with van der Waals surface area (Å²) < 4.78 is 88.4. The van der Waals surface area contributed by atoms with Crippen molar-refractivity contribution in [3.05, 3.63) is 58.7 Å². The van der Waals surface area contributed by atoms with Crippen LogP contribution in [0.4, 0.5) is 26.3 Å². The number of benzene rings is 2. The fraction of sp³-hybridized carbons (Fsp3) is 0.368. The van der Waals surface area contributed by atoms with E-state index in [4.69, 9.17) is 14.6 Å². The molecule has 29 heavy (non-hydrogen) atoms. The molecule has 0 aromatic heterocycles. The molecule has 0 bridgehead atoms. The van der Waals surface area contributed by atoms with Crippen LogP contribution < -0.4 is 14.8 Å². The second-order valence-electron chi connectivity index (χ2n) is 6.09. The van der Waals surface area contributed by atoms with Gasteiger partial charge < -0.3 is 19.9 Å². The molecule has 10 heteroatoms. The zero-order valence-electron chi connectivity index (χ0n) is 15.3. The molecule has 0 unspecified atom stereocenters. The average molecular weight is 423 g/mol. The molecule has 4 nitrogen and oxygen atoms in total. The summed E-state index contributed by atoms with van der Waals surface area (Å²) in [6.07, 6.45) is -9.85. The van der Waals surface area contributed by atoms with Crippen molar-refractivity contribution < 1.29 is 40.9 Å². The summed E-state index contributed by atoms with van der Waals surface area (Å²) in [7, 11) is 1.36. The van der Waals surface area contributed by atoms with Crippen LogP contribution in [-0.2, 0) is 25.5 Å². The highest BCUT2D eigenvalue weighted by Gasteiger charge is 2.36. The zero-order chi connectivity index (χ0) is 21.7. The maximum atomic E-state index is 13.0. The molecular formula is C19H19F6NO3. The second kappa shape index (κ2) is 9.36. The molecule has 2 N–H and O–H groups in total. The van der Waals surface area contributed by atoms with E-state index in [1.807, 2.05) is 0 Å². The predicted octanol–water partition coefficient (Wildman–Crippen LogP) is 4.39. The minimum Gasteiger partial charge on any atom is -0.493 e. The van der Waals surface area contributed by atoms with Gasteiger partial charge in [-0.05, 0) is 41.5 Å². The predicted molar refractivity (Wildman–Crippen MR) is 92.6 cm³/mol. The summed E-state index contributed by atoms with van der Waals surface area (Å²) in [5.41, 5.74) is -2.35. The lowest BCUT2D eigenvalue weighted by molar-refractivity contribution is -0.143. The van der Waals surface area contributed by atoms with Crippen molar-refractivity contribution >= 4 is 0 Å². The molecule has 0 heterocycles. The Morgan fingerprint density at radius 3 is 2.00 bits per heavy atom. The molecule has 2 aromatic rings. The van der Waals surface area contributed by atoms with Gasteiger partial charge in [0.25, 0.3) is 0 Å². The number of hydrogen-bond donors (Lipinski definition) is 2. The number of rotatable bonds is 8. The number of hydrogen-bond acceptors (Lipinski definition) is 4. The molecule has 2 rings (SSSR count). The highest BCUT2D eigenvalue weighted by atomic mass is 19.4. The van der Waals surface area contributed by atoms with Gasteiger partial charge in [-0.15, -0.1) is 0 Å². The molecule has 0 saturated heterocycles. The summed E-state index contributed by atoms with van der Waals surface area (Å²) >= 11 is 0. The van der Waals surface area contributed by atoms with Crippen molar-refractivity contribution in [3.8, 4) is 11.5 Å². The fourth-order valence-electron chi connectivity index (χ4n) is 2.52. The van der Waals surface area contributed by atoms with Crippen LogP contribution in [0.15, 0.2) is 36.4 Å². The molecule has 0 aliphatic rings.